The van der Waals surface area contributed by atoms with Gasteiger partial charge in [-0.2, -0.15) is 0 Å². The van der Waals surface area contributed by atoms with E-state index in [2.05, 4.69) is 28.2 Å². The minimum absolute atomic E-state index is 0.241. The number of hydrogen-bond acceptors (Lipinski definition) is 4. The van der Waals surface area contributed by atoms with Crippen LogP contribution < -0.4 is 14.8 Å². The number of rotatable bonds is 3. The lowest BCUT2D eigenvalue weighted by Crippen LogP contribution is -2.46. The second kappa shape index (κ2) is 6.54. The van der Waals surface area contributed by atoms with Crippen molar-refractivity contribution in [1.29, 1.82) is 0 Å². The van der Waals surface area contributed by atoms with E-state index >= 15 is 0 Å². The first kappa shape index (κ1) is 17.3. The first-order chi connectivity index (χ1) is 12.5. The second-order valence-corrected chi connectivity index (χ2v) is 8.59. The molecule has 2 aromatic carbocycles. The Balaban J connectivity index is 1.89. The molecule has 26 heavy (non-hydrogen) atoms. The summed E-state index contributed by atoms with van der Waals surface area (Å²) in [5, 5.41) is 3.37. The molecular weight excluding hydrogens is 348 g/mol. The van der Waals surface area contributed by atoms with Gasteiger partial charge >= 0.3 is 0 Å². The molecule has 1 spiro atoms. The fraction of sp³-hybridized carbons (Fsp3) is 0.300. The van der Waals surface area contributed by atoms with Crippen molar-refractivity contribution in [3.63, 3.8) is 0 Å². The summed E-state index contributed by atoms with van der Waals surface area (Å²) in [5.74, 6) is 0.739. The molecule has 0 radical (unpaired) electrons. The Bertz CT molecular complexity index is 946. The Hall–Kier alpha value is -2.15. The predicted molar refractivity (Wildman–Crippen MR) is 102 cm³/mol. The third kappa shape index (κ3) is 3.05. The number of fused-ring (bicyclic) bond motifs is 1. The largest absolute Gasteiger partial charge is 0.482 e. The van der Waals surface area contributed by atoms with Crippen LogP contribution in [0.2, 0.25) is 0 Å². The monoisotopic (exact) mass is 370 g/mol. The molecule has 0 atom stereocenters. The van der Waals surface area contributed by atoms with E-state index in [1.165, 1.54) is 7.05 Å². The van der Waals surface area contributed by atoms with Gasteiger partial charge in [-0.1, -0.05) is 30.3 Å². The standard InChI is InChI=1S/C20H22N2O3S/c1-21-26(23,24)16-7-8-19-17(13-16)18(15-5-3-2-4-6-15)14-20(25-19)9-11-22-12-10-20/h2-8,13-14,21-22H,9-12H2,1H3. The average Bonchev–Trinajstić information content (AvgIpc) is 2.68. The lowest BCUT2D eigenvalue weighted by molar-refractivity contribution is 0.0816. The molecule has 2 N–H and O–H groups in total. The van der Waals surface area contributed by atoms with Crippen LogP contribution in [0.25, 0.3) is 5.57 Å². The molecule has 2 aliphatic heterocycles. The Labute approximate surface area is 154 Å². The first-order valence-electron chi connectivity index (χ1n) is 8.79. The predicted octanol–water partition coefficient (Wildman–Crippen LogP) is 2.54. The zero-order chi connectivity index (χ0) is 18.2. The summed E-state index contributed by atoms with van der Waals surface area (Å²) in [6.45, 7) is 1.81. The van der Waals surface area contributed by atoms with Crippen LogP contribution in [0.1, 0.15) is 24.0 Å². The van der Waals surface area contributed by atoms with Crippen molar-refractivity contribution in [1.82, 2.24) is 10.0 Å². The van der Waals surface area contributed by atoms with Crippen molar-refractivity contribution < 1.29 is 13.2 Å². The topological polar surface area (TPSA) is 67.4 Å². The maximum absolute atomic E-state index is 12.2. The summed E-state index contributed by atoms with van der Waals surface area (Å²) < 4.78 is 33.3. The number of nitrogens with one attached hydrogen (secondary N) is 2. The summed E-state index contributed by atoms with van der Waals surface area (Å²) in [5.41, 5.74) is 2.57. The van der Waals surface area contributed by atoms with Gasteiger partial charge in [0.25, 0.3) is 0 Å². The van der Waals surface area contributed by atoms with Gasteiger partial charge in [-0.3, -0.25) is 0 Å². The van der Waals surface area contributed by atoms with E-state index in [0.29, 0.717) is 0 Å². The van der Waals surface area contributed by atoms with Gasteiger partial charge in [-0.05, 0) is 55.5 Å². The van der Waals surface area contributed by atoms with E-state index in [-0.39, 0.29) is 10.5 Å². The smallest absolute Gasteiger partial charge is 0.240 e. The van der Waals surface area contributed by atoms with Gasteiger partial charge in [-0.15, -0.1) is 0 Å². The van der Waals surface area contributed by atoms with Crippen LogP contribution in [-0.2, 0) is 10.0 Å². The molecule has 1 fully saturated rings. The van der Waals surface area contributed by atoms with Gasteiger partial charge < -0.3 is 10.1 Å². The lowest BCUT2D eigenvalue weighted by Gasteiger charge is -2.40. The summed E-state index contributed by atoms with van der Waals surface area (Å²) in [6.07, 6.45) is 3.96. The van der Waals surface area contributed by atoms with Crippen molar-refractivity contribution in [2.45, 2.75) is 23.3 Å². The third-order valence-electron chi connectivity index (χ3n) is 5.08. The molecule has 0 aliphatic carbocycles. The summed E-state index contributed by atoms with van der Waals surface area (Å²) >= 11 is 0. The summed E-state index contributed by atoms with van der Waals surface area (Å²) in [6, 6.07) is 15.2. The highest BCUT2D eigenvalue weighted by atomic mass is 32.2. The molecule has 1 saturated heterocycles. The molecule has 6 heteroatoms. The van der Waals surface area contributed by atoms with Gasteiger partial charge in [0.05, 0.1) is 4.90 Å². The van der Waals surface area contributed by atoms with Crippen LogP contribution in [0, 0.1) is 0 Å². The normalized spacial score (nSPS) is 18.7. The van der Waals surface area contributed by atoms with Gasteiger partial charge in [0, 0.05) is 18.4 Å². The van der Waals surface area contributed by atoms with E-state index < -0.39 is 10.0 Å². The summed E-state index contributed by atoms with van der Waals surface area (Å²) in [4.78, 5) is 0.241. The van der Waals surface area contributed by atoms with Crippen molar-refractivity contribution in [3.05, 3.63) is 65.7 Å². The first-order valence-corrected chi connectivity index (χ1v) is 10.3. The van der Waals surface area contributed by atoms with Crippen molar-refractivity contribution in [2.75, 3.05) is 20.1 Å². The highest BCUT2D eigenvalue weighted by Gasteiger charge is 2.37. The number of ether oxygens (including phenoxy) is 1. The maximum Gasteiger partial charge on any atom is 0.240 e. The molecule has 5 nitrogen and oxygen atoms in total. The highest BCUT2D eigenvalue weighted by Crippen LogP contribution is 2.43. The van der Waals surface area contributed by atoms with Crippen molar-refractivity contribution in [3.8, 4) is 5.75 Å². The molecule has 0 saturated carbocycles. The SMILES string of the molecule is CNS(=O)(=O)c1ccc2c(c1)C(c1ccccc1)=CC1(CCNCC1)O2. The number of piperidine rings is 1. The summed E-state index contributed by atoms with van der Waals surface area (Å²) in [7, 11) is -2.09. The minimum atomic E-state index is -3.51. The van der Waals surface area contributed by atoms with Crippen molar-refractivity contribution >= 4 is 15.6 Å². The maximum atomic E-state index is 12.2. The van der Waals surface area contributed by atoms with Crippen LogP contribution in [0.3, 0.4) is 0 Å². The fourth-order valence-electron chi connectivity index (χ4n) is 3.64. The Morgan fingerprint density at radius 1 is 1.08 bits per heavy atom. The van der Waals surface area contributed by atoms with E-state index in [4.69, 9.17) is 4.74 Å². The van der Waals surface area contributed by atoms with E-state index in [1.807, 2.05) is 18.2 Å². The Morgan fingerprint density at radius 2 is 1.81 bits per heavy atom. The zero-order valence-electron chi connectivity index (χ0n) is 14.7. The Morgan fingerprint density at radius 3 is 2.50 bits per heavy atom. The molecule has 0 unspecified atom stereocenters. The van der Waals surface area contributed by atoms with Gasteiger partial charge in [0.15, 0.2) is 0 Å². The zero-order valence-corrected chi connectivity index (χ0v) is 15.5. The van der Waals surface area contributed by atoms with Crippen molar-refractivity contribution in [2.24, 2.45) is 0 Å². The van der Waals surface area contributed by atoms with Gasteiger partial charge in [0.1, 0.15) is 11.4 Å². The van der Waals surface area contributed by atoms with Crippen LogP contribution in [-0.4, -0.2) is 34.2 Å². The van der Waals surface area contributed by atoms with E-state index in [1.54, 1.807) is 18.2 Å². The fourth-order valence-corrected chi connectivity index (χ4v) is 4.39. The number of hydrogen-bond donors (Lipinski definition) is 2. The van der Waals surface area contributed by atoms with Crippen LogP contribution in [0.5, 0.6) is 5.75 Å². The Kier molecular flexibility index (Phi) is 4.34. The number of benzene rings is 2. The molecular formula is C20H22N2O3S. The number of sulfonamides is 1. The molecule has 2 heterocycles. The molecule has 136 valence electrons. The molecule has 2 aliphatic rings. The van der Waals surface area contributed by atoms with Crippen LogP contribution >= 0.6 is 0 Å². The van der Waals surface area contributed by atoms with Gasteiger partial charge in [0.2, 0.25) is 10.0 Å². The van der Waals surface area contributed by atoms with E-state index in [9.17, 15) is 8.42 Å². The average molecular weight is 370 g/mol. The second-order valence-electron chi connectivity index (χ2n) is 6.71. The molecule has 2 aromatic rings. The molecule has 0 bridgehead atoms. The van der Waals surface area contributed by atoms with E-state index in [0.717, 1.165) is 48.4 Å². The van der Waals surface area contributed by atoms with Crippen LogP contribution in [0.4, 0.5) is 0 Å². The molecule has 4 rings (SSSR count). The highest BCUT2D eigenvalue weighted by molar-refractivity contribution is 7.89. The van der Waals surface area contributed by atoms with Gasteiger partial charge in [-0.25, -0.2) is 13.1 Å². The lowest BCUT2D eigenvalue weighted by atomic mass is 9.83. The minimum Gasteiger partial charge on any atom is -0.482 e. The van der Waals surface area contributed by atoms with Crippen LogP contribution in [0.15, 0.2) is 59.5 Å². The third-order valence-corrected chi connectivity index (χ3v) is 6.49. The quantitative estimate of drug-likeness (QED) is 0.871. The molecule has 0 aromatic heterocycles. The molecule has 0 amide bonds.